The van der Waals surface area contributed by atoms with Gasteiger partial charge in [-0.25, -0.2) is 4.39 Å². The van der Waals surface area contributed by atoms with Crippen molar-refractivity contribution in [2.45, 2.75) is 19.4 Å². The predicted octanol–water partition coefficient (Wildman–Crippen LogP) is 2.86. The van der Waals surface area contributed by atoms with E-state index >= 15 is 0 Å². The summed E-state index contributed by atoms with van der Waals surface area (Å²) in [7, 11) is 2.13. The van der Waals surface area contributed by atoms with E-state index in [0.717, 1.165) is 48.8 Å². The van der Waals surface area contributed by atoms with Gasteiger partial charge in [0, 0.05) is 55.2 Å². The van der Waals surface area contributed by atoms with Crippen molar-refractivity contribution in [3.63, 3.8) is 0 Å². The molecule has 2 aromatic rings. The normalized spacial score (nSPS) is 19.5. The van der Waals surface area contributed by atoms with Gasteiger partial charge in [-0.1, -0.05) is 12.1 Å². The van der Waals surface area contributed by atoms with Gasteiger partial charge in [0.05, 0.1) is 0 Å². The molecule has 0 bridgehead atoms. The van der Waals surface area contributed by atoms with E-state index in [0.29, 0.717) is 12.0 Å². The number of anilines is 3. The molecule has 0 saturated carbocycles. The van der Waals surface area contributed by atoms with Gasteiger partial charge >= 0.3 is 0 Å². The number of rotatable bonds is 3. The first-order valence-electron chi connectivity index (χ1n) is 9.40. The summed E-state index contributed by atoms with van der Waals surface area (Å²) in [6.07, 6.45) is 0.368. The molecule has 0 aromatic heterocycles. The average Bonchev–Trinajstić information content (AvgIpc) is 3.13. The minimum absolute atomic E-state index is 0.138. The monoisotopic (exact) mass is 368 g/mol. The molecule has 2 aromatic carbocycles. The number of carbonyl (C=O) groups excluding carboxylic acids is 1. The van der Waals surface area contributed by atoms with Gasteiger partial charge in [0.15, 0.2) is 0 Å². The second-order valence-corrected chi connectivity index (χ2v) is 7.45. The molecule has 27 heavy (non-hydrogen) atoms. The second-order valence-electron chi connectivity index (χ2n) is 7.45. The molecule has 1 amide bonds. The molecule has 4 rings (SSSR count). The Morgan fingerprint density at radius 3 is 2.70 bits per heavy atom. The first-order chi connectivity index (χ1) is 13.0. The van der Waals surface area contributed by atoms with Crippen molar-refractivity contribution in [1.82, 2.24) is 4.90 Å². The molecule has 2 N–H and O–H groups in total. The SMILES string of the molecule is Cc1ccc(F)c2c1NC(C(=O)Nc1cccc(N3CCN(C)CC3)c1)C2. The van der Waals surface area contributed by atoms with Crippen LogP contribution in [0.25, 0.3) is 0 Å². The molecule has 0 radical (unpaired) electrons. The van der Waals surface area contributed by atoms with Gasteiger partial charge in [0.1, 0.15) is 11.9 Å². The van der Waals surface area contributed by atoms with Crippen LogP contribution in [0, 0.1) is 12.7 Å². The molecule has 142 valence electrons. The molecular weight excluding hydrogens is 343 g/mol. The Kier molecular flexibility index (Phi) is 4.74. The minimum Gasteiger partial charge on any atom is -0.373 e. The lowest BCUT2D eigenvalue weighted by Gasteiger charge is -2.34. The van der Waals surface area contributed by atoms with Crippen LogP contribution in [-0.4, -0.2) is 50.1 Å². The van der Waals surface area contributed by atoms with E-state index in [-0.39, 0.29) is 11.7 Å². The van der Waals surface area contributed by atoms with Gasteiger partial charge in [0.25, 0.3) is 0 Å². The maximum absolute atomic E-state index is 14.0. The van der Waals surface area contributed by atoms with Crippen LogP contribution in [0.5, 0.6) is 0 Å². The van der Waals surface area contributed by atoms with Crippen molar-refractivity contribution >= 4 is 23.0 Å². The molecular formula is C21H25FN4O. The van der Waals surface area contributed by atoms with Crippen molar-refractivity contribution in [1.29, 1.82) is 0 Å². The number of hydrogen-bond donors (Lipinski definition) is 2. The van der Waals surface area contributed by atoms with Crippen LogP contribution in [0.2, 0.25) is 0 Å². The van der Waals surface area contributed by atoms with E-state index in [1.807, 2.05) is 25.1 Å². The first-order valence-corrected chi connectivity index (χ1v) is 9.40. The molecule has 0 aliphatic carbocycles. The second kappa shape index (κ2) is 7.19. The number of likely N-dealkylation sites (N-methyl/N-ethyl adjacent to an activating group) is 1. The topological polar surface area (TPSA) is 47.6 Å². The number of nitrogens with one attached hydrogen (secondary N) is 2. The van der Waals surface area contributed by atoms with Crippen molar-refractivity contribution in [3.05, 3.63) is 53.3 Å². The first kappa shape index (κ1) is 17.8. The van der Waals surface area contributed by atoms with Crippen molar-refractivity contribution in [2.75, 3.05) is 48.8 Å². The van der Waals surface area contributed by atoms with Crippen LogP contribution in [0.15, 0.2) is 36.4 Å². The number of halogens is 1. The van der Waals surface area contributed by atoms with E-state index < -0.39 is 6.04 Å². The van der Waals surface area contributed by atoms with Gasteiger partial charge in [-0.3, -0.25) is 4.79 Å². The van der Waals surface area contributed by atoms with E-state index in [1.165, 1.54) is 6.07 Å². The number of nitrogens with zero attached hydrogens (tertiary/aromatic N) is 2. The summed E-state index contributed by atoms with van der Waals surface area (Å²) in [5, 5.41) is 6.16. The van der Waals surface area contributed by atoms with Gasteiger partial charge < -0.3 is 20.4 Å². The Hall–Kier alpha value is -2.60. The number of piperazine rings is 1. The zero-order chi connectivity index (χ0) is 19.0. The Balaban J connectivity index is 1.44. The van der Waals surface area contributed by atoms with Crippen LogP contribution in [0.3, 0.4) is 0 Å². The lowest BCUT2D eigenvalue weighted by Crippen LogP contribution is -2.44. The van der Waals surface area contributed by atoms with Gasteiger partial charge in [-0.2, -0.15) is 0 Å². The molecule has 2 heterocycles. The van der Waals surface area contributed by atoms with E-state index in [1.54, 1.807) is 6.07 Å². The predicted molar refractivity (Wildman–Crippen MR) is 107 cm³/mol. The van der Waals surface area contributed by atoms with Gasteiger partial charge in [-0.15, -0.1) is 0 Å². The number of fused-ring (bicyclic) bond motifs is 1. The highest BCUT2D eigenvalue weighted by Gasteiger charge is 2.30. The Bertz CT molecular complexity index is 830. The van der Waals surface area contributed by atoms with Gasteiger partial charge in [-0.05, 0) is 43.8 Å². The fourth-order valence-electron chi connectivity index (χ4n) is 3.80. The molecule has 5 nitrogen and oxygen atoms in total. The molecule has 1 atom stereocenters. The number of carbonyl (C=O) groups is 1. The summed E-state index contributed by atoms with van der Waals surface area (Å²) in [4.78, 5) is 17.4. The van der Waals surface area contributed by atoms with Gasteiger partial charge in [0.2, 0.25) is 5.91 Å². The summed E-state index contributed by atoms with van der Waals surface area (Å²) in [6, 6.07) is 10.7. The highest BCUT2D eigenvalue weighted by atomic mass is 19.1. The maximum atomic E-state index is 14.0. The largest absolute Gasteiger partial charge is 0.373 e. The Morgan fingerprint density at radius 2 is 1.96 bits per heavy atom. The molecule has 0 spiro atoms. The fourth-order valence-corrected chi connectivity index (χ4v) is 3.80. The van der Waals surface area contributed by atoms with Crippen LogP contribution < -0.4 is 15.5 Å². The van der Waals surface area contributed by atoms with E-state index in [9.17, 15) is 9.18 Å². The standard InChI is InChI=1S/C21H25FN4O/c1-14-6-7-18(22)17-13-19(24-20(14)17)21(27)23-15-4-3-5-16(12-15)26-10-8-25(2)9-11-26/h3-7,12,19,24H,8-11,13H2,1-2H3,(H,23,27). The van der Waals surface area contributed by atoms with Crippen LogP contribution >= 0.6 is 0 Å². The Morgan fingerprint density at radius 1 is 1.19 bits per heavy atom. The zero-order valence-corrected chi connectivity index (χ0v) is 15.8. The highest BCUT2D eigenvalue weighted by molar-refractivity contribution is 5.98. The van der Waals surface area contributed by atoms with Crippen molar-refractivity contribution < 1.29 is 9.18 Å². The van der Waals surface area contributed by atoms with Crippen LogP contribution in [0.4, 0.5) is 21.5 Å². The smallest absolute Gasteiger partial charge is 0.247 e. The minimum atomic E-state index is -0.456. The summed E-state index contributed by atoms with van der Waals surface area (Å²) < 4.78 is 14.0. The maximum Gasteiger partial charge on any atom is 0.247 e. The molecule has 1 unspecified atom stereocenters. The molecule has 1 fully saturated rings. The number of amides is 1. The summed E-state index contributed by atoms with van der Waals surface area (Å²) in [5.74, 6) is -0.393. The summed E-state index contributed by atoms with van der Waals surface area (Å²) in [6.45, 7) is 5.94. The van der Waals surface area contributed by atoms with Crippen molar-refractivity contribution in [2.24, 2.45) is 0 Å². The lowest BCUT2D eigenvalue weighted by molar-refractivity contribution is -0.116. The third kappa shape index (κ3) is 3.62. The van der Waals surface area contributed by atoms with Crippen molar-refractivity contribution in [3.8, 4) is 0 Å². The number of aryl methyl sites for hydroxylation is 1. The summed E-state index contributed by atoms with van der Waals surface area (Å²) >= 11 is 0. The molecule has 2 aliphatic rings. The molecule has 2 aliphatic heterocycles. The zero-order valence-electron chi connectivity index (χ0n) is 15.8. The third-order valence-electron chi connectivity index (χ3n) is 5.49. The van der Waals surface area contributed by atoms with E-state index in [4.69, 9.17) is 0 Å². The molecule has 1 saturated heterocycles. The quantitative estimate of drug-likeness (QED) is 0.875. The van der Waals surface area contributed by atoms with Crippen LogP contribution in [0.1, 0.15) is 11.1 Å². The van der Waals surface area contributed by atoms with E-state index in [2.05, 4.69) is 33.5 Å². The fraction of sp³-hybridized carbons (Fsp3) is 0.381. The lowest BCUT2D eigenvalue weighted by atomic mass is 10.1. The Labute approximate surface area is 159 Å². The average molecular weight is 368 g/mol. The third-order valence-corrected chi connectivity index (χ3v) is 5.49. The van der Waals surface area contributed by atoms with Crippen LogP contribution in [-0.2, 0) is 11.2 Å². The number of hydrogen-bond acceptors (Lipinski definition) is 4. The molecule has 6 heteroatoms. The highest BCUT2D eigenvalue weighted by Crippen LogP contribution is 2.32. The number of benzene rings is 2. The summed E-state index contributed by atoms with van der Waals surface area (Å²) in [5.41, 5.74) is 4.19.